The first kappa shape index (κ1) is 26.8. The average molecular weight is 516 g/mol. The number of aromatic nitrogens is 2. The molecular formula is C23H29N7O5S. The van der Waals surface area contributed by atoms with Gasteiger partial charge in [-0.2, -0.15) is 0 Å². The zero-order chi connectivity index (χ0) is 26.6. The van der Waals surface area contributed by atoms with Crippen LogP contribution in [0.2, 0.25) is 0 Å². The number of nitrogens with two attached hydrogens (primary N) is 1. The summed E-state index contributed by atoms with van der Waals surface area (Å²) in [6.45, 7) is 9.37. The molecule has 13 heteroatoms. The Hall–Kier alpha value is -3.81. The number of nitrogens with zero attached hydrogens (tertiary/aromatic N) is 4. The van der Waals surface area contributed by atoms with E-state index in [-0.39, 0.29) is 39.7 Å². The van der Waals surface area contributed by atoms with Crippen molar-refractivity contribution in [2.75, 3.05) is 18.5 Å². The summed E-state index contributed by atoms with van der Waals surface area (Å²) in [5, 5.41) is 32.1. The molecule has 0 fully saturated rings. The molecule has 0 aromatic carbocycles. The maximum atomic E-state index is 13.5. The van der Waals surface area contributed by atoms with Gasteiger partial charge in [-0.25, -0.2) is 9.98 Å². The van der Waals surface area contributed by atoms with Crippen LogP contribution in [0.3, 0.4) is 0 Å². The molecule has 1 aliphatic heterocycles. The summed E-state index contributed by atoms with van der Waals surface area (Å²) in [5.41, 5.74) is 7.38. The molecule has 1 amide bonds. The summed E-state index contributed by atoms with van der Waals surface area (Å²) >= 11 is 0.908. The van der Waals surface area contributed by atoms with E-state index < -0.39 is 24.3 Å². The van der Waals surface area contributed by atoms with E-state index in [9.17, 15) is 19.8 Å². The van der Waals surface area contributed by atoms with Crippen LogP contribution in [0.25, 0.3) is 0 Å². The van der Waals surface area contributed by atoms with Gasteiger partial charge in [-0.1, -0.05) is 6.58 Å². The number of H-pyrrole nitrogens is 1. The predicted octanol–water partition coefficient (Wildman–Crippen LogP) is 1.45. The van der Waals surface area contributed by atoms with E-state index >= 15 is 0 Å². The van der Waals surface area contributed by atoms with E-state index in [1.165, 1.54) is 12.1 Å². The smallest absolute Gasteiger partial charge is 0.280 e. The molecule has 0 bridgehead atoms. The van der Waals surface area contributed by atoms with Crippen molar-refractivity contribution in [3.63, 3.8) is 0 Å². The second-order valence-corrected chi connectivity index (χ2v) is 8.78. The van der Waals surface area contributed by atoms with Crippen molar-refractivity contribution in [2.24, 2.45) is 15.7 Å². The predicted molar refractivity (Wildman–Crippen MR) is 139 cm³/mol. The topological polar surface area (TPSA) is 190 Å². The number of anilines is 2. The molecule has 2 aromatic rings. The Kier molecular flexibility index (Phi) is 8.40. The van der Waals surface area contributed by atoms with Crippen LogP contribution in [-0.2, 0) is 0 Å². The summed E-state index contributed by atoms with van der Waals surface area (Å²) < 4.78 is 2.51. The van der Waals surface area contributed by atoms with Gasteiger partial charge in [0.1, 0.15) is 28.0 Å². The first-order valence-electron chi connectivity index (χ1n) is 11.1. The van der Waals surface area contributed by atoms with Crippen LogP contribution in [0.5, 0.6) is 5.75 Å². The molecule has 0 aliphatic carbocycles. The molecule has 0 radical (unpaired) electrons. The van der Waals surface area contributed by atoms with Crippen molar-refractivity contribution < 1.29 is 20.1 Å². The van der Waals surface area contributed by atoms with Crippen LogP contribution in [0.1, 0.15) is 43.2 Å². The Bertz CT molecular complexity index is 1310. The molecule has 2 atom stereocenters. The summed E-state index contributed by atoms with van der Waals surface area (Å²) in [5.74, 6) is -0.927. The van der Waals surface area contributed by atoms with Gasteiger partial charge in [0.15, 0.2) is 11.9 Å². The standard InChI is InChI=1S/C23H29N7O5S/c1-5-14(25-6-2)13-9-11(3)30(12(13)4)23(35)19-15(32)7-8-16(26-19)27-22-18(21(34)29-36-22)20(24)28-17(33)10-31/h5,7-8,11,17,31-33H,1,6,9-10H2,2-4H3,(H2,24,28)(H,26,27)(H,29,34). The highest BCUT2D eigenvalue weighted by Gasteiger charge is 2.34. The molecule has 36 heavy (non-hydrogen) atoms. The number of allylic oxidation sites excluding steroid dienone is 2. The molecule has 0 saturated carbocycles. The molecule has 3 heterocycles. The van der Waals surface area contributed by atoms with Gasteiger partial charge in [0.05, 0.1) is 12.3 Å². The van der Waals surface area contributed by atoms with Crippen molar-refractivity contribution in [1.82, 2.24) is 14.3 Å². The van der Waals surface area contributed by atoms with Crippen molar-refractivity contribution in [2.45, 2.75) is 39.5 Å². The number of amides is 1. The number of carbonyl (C=O) groups is 1. The maximum Gasteiger partial charge on any atom is 0.280 e. The highest BCUT2D eigenvalue weighted by molar-refractivity contribution is 7.10. The second kappa shape index (κ2) is 11.3. The van der Waals surface area contributed by atoms with Gasteiger partial charge in [-0.15, -0.1) is 0 Å². The third-order valence-electron chi connectivity index (χ3n) is 5.51. The third-order valence-corrected chi connectivity index (χ3v) is 6.31. The van der Waals surface area contributed by atoms with E-state index in [4.69, 9.17) is 10.8 Å². The quantitative estimate of drug-likeness (QED) is 0.214. The molecule has 192 valence electrons. The SMILES string of the molecule is C=CC(=NCC)C1=C(C)N(C(=O)c2nc(Nc3s[nH]c(=O)c3C(N)=NC(O)CO)ccc2O)C(C)C1. The number of aliphatic hydroxyl groups excluding tert-OH is 2. The van der Waals surface area contributed by atoms with Gasteiger partial charge >= 0.3 is 0 Å². The summed E-state index contributed by atoms with van der Waals surface area (Å²) in [6.07, 6.45) is 0.762. The number of aliphatic hydroxyl groups is 2. The number of carbonyl (C=O) groups excluding carboxylic acids is 1. The Labute approximate surface area is 211 Å². The van der Waals surface area contributed by atoms with Crippen LogP contribution in [0.15, 0.2) is 50.8 Å². The van der Waals surface area contributed by atoms with Gasteiger partial charge in [0.2, 0.25) is 0 Å². The number of aromatic hydroxyl groups is 1. The number of amidine groups is 1. The highest BCUT2D eigenvalue weighted by Crippen LogP contribution is 2.33. The van der Waals surface area contributed by atoms with E-state index in [1.54, 1.807) is 11.0 Å². The third kappa shape index (κ3) is 5.37. The minimum Gasteiger partial charge on any atom is -0.505 e. The van der Waals surface area contributed by atoms with E-state index in [2.05, 4.69) is 31.2 Å². The Morgan fingerprint density at radius 3 is 2.86 bits per heavy atom. The molecule has 7 N–H and O–H groups in total. The number of aromatic amines is 1. The largest absolute Gasteiger partial charge is 0.505 e. The fraction of sp³-hybridized carbons (Fsp3) is 0.348. The fourth-order valence-electron chi connectivity index (χ4n) is 3.90. The lowest BCUT2D eigenvalue weighted by Gasteiger charge is -2.23. The van der Waals surface area contributed by atoms with Crippen molar-refractivity contribution in [1.29, 1.82) is 0 Å². The van der Waals surface area contributed by atoms with E-state index in [0.717, 1.165) is 22.8 Å². The molecule has 1 aliphatic rings. The first-order chi connectivity index (χ1) is 17.1. The van der Waals surface area contributed by atoms with E-state index in [1.807, 2.05) is 20.8 Å². The van der Waals surface area contributed by atoms with Gasteiger partial charge in [-0.05, 0) is 62.5 Å². The zero-order valence-corrected chi connectivity index (χ0v) is 21.0. The van der Waals surface area contributed by atoms with Crippen molar-refractivity contribution >= 4 is 39.8 Å². The monoisotopic (exact) mass is 515 g/mol. The van der Waals surface area contributed by atoms with Crippen LogP contribution in [-0.4, -0.2) is 72.5 Å². The molecule has 2 unspecified atom stereocenters. The number of hydrogen-bond donors (Lipinski definition) is 6. The lowest BCUT2D eigenvalue weighted by Crippen LogP contribution is -2.34. The normalized spacial score (nSPS) is 17.5. The maximum absolute atomic E-state index is 13.5. The van der Waals surface area contributed by atoms with Gasteiger partial charge in [0, 0.05) is 18.3 Å². The molecular weight excluding hydrogens is 486 g/mol. The van der Waals surface area contributed by atoms with Gasteiger partial charge < -0.3 is 31.3 Å². The molecule has 3 rings (SSSR count). The number of hydrogen-bond acceptors (Lipinski definition) is 10. The molecule has 0 saturated heterocycles. The molecule has 12 nitrogen and oxygen atoms in total. The Balaban J connectivity index is 1.95. The number of nitrogens with one attached hydrogen (secondary N) is 2. The summed E-state index contributed by atoms with van der Waals surface area (Å²) in [4.78, 5) is 39.7. The Morgan fingerprint density at radius 2 is 2.22 bits per heavy atom. The minimum atomic E-state index is -1.49. The Morgan fingerprint density at radius 1 is 1.50 bits per heavy atom. The number of aliphatic imine (C=N–C) groups is 2. The highest BCUT2D eigenvalue weighted by atomic mass is 32.1. The minimum absolute atomic E-state index is 0.0565. The molecule has 2 aromatic heterocycles. The first-order valence-corrected chi connectivity index (χ1v) is 12.0. The summed E-state index contributed by atoms with van der Waals surface area (Å²) in [6, 6.07) is 2.56. The average Bonchev–Trinajstić information content (AvgIpc) is 3.36. The zero-order valence-electron chi connectivity index (χ0n) is 20.1. The fourth-order valence-corrected chi connectivity index (χ4v) is 4.66. The molecule has 0 spiro atoms. The van der Waals surface area contributed by atoms with Crippen molar-refractivity contribution in [3.8, 4) is 5.75 Å². The number of rotatable bonds is 9. The summed E-state index contributed by atoms with van der Waals surface area (Å²) in [7, 11) is 0. The van der Waals surface area contributed by atoms with Crippen molar-refractivity contribution in [3.05, 3.63) is 57.7 Å². The van der Waals surface area contributed by atoms with Crippen LogP contribution < -0.4 is 16.6 Å². The van der Waals surface area contributed by atoms with Gasteiger partial charge in [0.25, 0.3) is 11.5 Å². The lowest BCUT2D eigenvalue weighted by atomic mass is 10.1. The van der Waals surface area contributed by atoms with Crippen LogP contribution >= 0.6 is 11.5 Å². The van der Waals surface area contributed by atoms with Crippen LogP contribution in [0.4, 0.5) is 10.8 Å². The second-order valence-electron chi connectivity index (χ2n) is 7.96. The van der Waals surface area contributed by atoms with E-state index in [0.29, 0.717) is 18.7 Å². The number of pyridine rings is 1. The van der Waals surface area contributed by atoms with Crippen LogP contribution in [0, 0.1) is 0 Å². The lowest BCUT2D eigenvalue weighted by molar-refractivity contribution is 0.0768. The van der Waals surface area contributed by atoms with Gasteiger partial charge in [-0.3, -0.25) is 19.0 Å².